The molecule has 1 atom stereocenters. The first-order valence-corrected chi connectivity index (χ1v) is 8.07. The lowest BCUT2D eigenvalue weighted by Crippen LogP contribution is -2.34. The van der Waals surface area contributed by atoms with Crippen LogP contribution in [0.2, 0.25) is 0 Å². The SMILES string of the molecule is Cc1nn(C)cc1CN1CCC[C@@H](c2ccc(C(=O)O)cc2)C1. The van der Waals surface area contributed by atoms with Gasteiger partial charge >= 0.3 is 5.97 Å². The molecule has 1 fully saturated rings. The zero-order chi connectivity index (χ0) is 16.4. The number of nitrogens with zero attached hydrogens (tertiary/aromatic N) is 3. The lowest BCUT2D eigenvalue weighted by atomic mass is 9.90. The van der Waals surface area contributed by atoms with Gasteiger partial charge in [-0.1, -0.05) is 12.1 Å². The van der Waals surface area contributed by atoms with E-state index in [9.17, 15) is 4.79 Å². The summed E-state index contributed by atoms with van der Waals surface area (Å²) in [5, 5.41) is 13.4. The summed E-state index contributed by atoms with van der Waals surface area (Å²) in [6.07, 6.45) is 4.43. The smallest absolute Gasteiger partial charge is 0.335 e. The highest BCUT2D eigenvalue weighted by molar-refractivity contribution is 5.87. The molecule has 5 nitrogen and oxygen atoms in total. The number of carboxylic acids is 1. The monoisotopic (exact) mass is 313 g/mol. The third-order valence-electron chi connectivity index (χ3n) is 4.64. The molecule has 0 aliphatic carbocycles. The van der Waals surface area contributed by atoms with Crippen LogP contribution in [0.25, 0.3) is 0 Å². The van der Waals surface area contributed by atoms with Gasteiger partial charge in [0.25, 0.3) is 0 Å². The second-order valence-corrected chi connectivity index (χ2v) is 6.41. The number of hydrogen-bond donors (Lipinski definition) is 1. The first-order valence-electron chi connectivity index (χ1n) is 8.07. The number of aromatic carboxylic acids is 1. The summed E-state index contributed by atoms with van der Waals surface area (Å²) in [5.74, 6) is -0.391. The van der Waals surface area contributed by atoms with Crippen LogP contribution in [-0.2, 0) is 13.6 Å². The first-order chi connectivity index (χ1) is 11.0. The minimum atomic E-state index is -0.867. The summed E-state index contributed by atoms with van der Waals surface area (Å²) in [5.41, 5.74) is 3.98. The highest BCUT2D eigenvalue weighted by Crippen LogP contribution is 2.28. The molecule has 0 saturated carbocycles. The lowest BCUT2D eigenvalue weighted by Gasteiger charge is -2.33. The molecule has 0 unspecified atom stereocenters. The Hall–Kier alpha value is -2.14. The molecule has 1 aromatic heterocycles. The maximum atomic E-state index is 11.0. The van der Waals surface area contributed by atoms with E-state index >= 15 is 0 Å². The predicted octanol–water partition coefficient (Wildman–Crippen LogP) is 2.81. The van der Waals surface area contributed by atoms with Crippen molar-refractivity contribution in [3.8, 4) is 0 Å². The van der Waals surface area contributed by atoms with Crippen LogP contribution in [0.5, 0.6) is 0 Å². The molecule has 1 N–H and O–H groups in total. The van der Waals surface area contributed by atoms with Gasteiger partial charge in [-0.3, -0.25) is 9.58 Å². The largest absolute Gasteiger partial charge is 0.478 e. The van der Waals surface area contributed by atoms with Gasteiger partial charge in [-0.2, -0.15) is 5.10 Å². The number of piperidine rings is 1. The lowest BCUT2D eigenvalue weighted by molar-refractivity contribution is 0.0697. The van der Waals surface area contributed by atoms with Gasteiger partial charge in [-0.25, -0.2) is 4.79 Å². The summed E-state index contributed by atoms with van der Waals surface area (Å²) in [4.78, 5) is 13.4. The number of carboxylic acid groups (broad SMARTS) is 1. The van der Waals surface area contributed by atoms with Crippen molar-refractivity contribution >= 4 is 5.97 Å². The molecule has 1 aromatic carbocycles. The highest BCUT2D eigenvalue weighted by Gasteiger charge is 2.22. The van der Waals surface area contributed by atoms with Crippen molar-refractivity contribution in [2.75, 3.05) is 13.1 Å². The van der Waals surface area contributed by atoms with Gasteiger partial charge in [0.15, 0.2) is 0 Å². The summed E-state index contributed by atoms with van der Waals surface area (Å²) in [7, 11) is 1.96. The Balaban J connectivity index is 1.68. The molecule has 3 rings (SSSR count). The molecule has 5 heteroatoms. The van der Waals surface area contributed by atoms with Gasteiger partial charge in [-0.15, -0.1) is 0 Å². The number of carbonyl (C=O) groups is 1. The second kappa shape index (κ2) is 6.54. The summed E-state index contributed by atoms with van der Waals surface area (Å²) in [6.45, 7) is 5.11. The van der Waals surface area contributed by atoms with Gasteiger partial charge in [0, 0.05) is 31.9 Å². The van der Waals surface area contributed by atoms with Gasteiger partial charge in [0.05, 0.1) is 11.3 Å². The van der Waals surface area contributed by atoms with Crippen LogP contribution in [0.1, 0.15) is 45.9 Å². The van der Waals surface area contributed by atoms with E-state index in [0.29, 0.717) is 11.5 Å². The standard InChI is InChI=1S/C18H23N3O2/c1-13-17(10-20(2)19-13)12-21-9-3-4-16(11-21)14-5-7-15(8-6-14)18(22)23/h5-8,10,16H,3-4,9,11-12H2,1-2H3,(H,22,23)/t16-/m1/s1. The average Bonchev–Trinajstić information content (AvgIpc) is 2.85. The molecule has 0 spiro atoms. The molecule has 0 radical (unpaired) electrons. The molecule has 1 aliphatic heterocycles. The first kappa shape index (κ1) is 15.7. The number of hydrogen-bond acceptors (Lipinski definition) is 3. The van der Waals surface area contributed by atoms with Gasteiger partial charge in [-0.05, 0) is 49.9 Å². The van der Waals surface area contributed by atoms with Crippen LogP contribution in [0, 0.1) is 6.92 Å². The fourth-order valence-electron chi connectivity index (χ4n) is 3.41. The van der Waals surface area contributed by atoms with E-state index in [1.54, 1.807) is 12.1 Å². The third kappa shape index (κ3) is 3.62. The van der Waals surface area contributed by atoms with E-state index < -0.39 is 5.97 Å². The molecule has 122 valence electrons. The number of likely N-dealkylation sites (tertiary alicyclic amines) is 1. The number of aryl methyl sites for hydroxylation is 2. The van der Waals surface area contributed by atoms with Crippen LogP contribution in [0.4, 0.5) is 0 Å². The van der Waals surface area contributed by atoms with E-state index in [2.05, 4.69) is 23.1 Å². The Morgan fingerprint density at radius 2 is 2.09 bits per heavy atom. The molecule has 0 bridgehead atoms. The van der Waals surface area contributed by atoms with E-state index in [1.807, 2.05) is 23.9 Å². The van der Waals surface area contributed by atoms with E-state index in [-0.39, 0.29) is 0 Å². The van der Waals surface area contributed by atoms with Crippen molar-refractivity contribution in [3.63, 3.8) is 0 Å². The topological polar surface area (TPSA) is 58.4 Å². The quantitative estimate of drug-likeness (QED) is 0.943. The Labute approximate surface area is 136 Å². The molecular weight excluding hydrogens is 290 g/mol. The van der Waals surface area contributed by atoms with Crippen molar-refractivity contribution in [2.45, 2.75) is 32.2 Å². The van der Waals surface area contributed by atoms with Crippen molar-refractivity contribution < 1.29 is 9.90 Å². The molecule has 1 saturated heterocycles. The fourth-order valence-corrected chi connectivity index (χ4v) is 3.41. The summed E-state index contributed by atoms with van der Waals surface area (Å²) < 4.78 is 1.87. The van der Waals surface area contributed by atoms with Crippen molar-refractivity contribution in [1.29, 1.82) is 0 Å². The third-order valence-corrected chi connectivity index (χ3v) is 4.64. The number of rotatable bonds is 4. The van der Waals surface area contributed by atoms with Crippen LogP contribution < -0.4 is 0 Å². The highest BCUT2D eigenvalue weighted by atomic mass is 16.4. The molecule has 2 aromatic rings. The second-order valence-electron chi connectivity index (χ2n) is 6.41. The Bertz CT molecular complexity index is 691. The minimum absolute atomic E-state index is 0.354. The molecule has 23 heavy (non-hydrogen) atoms. The zero-order valence-corrected chi connectivity index (χ0v) is 13.7. The fraction of sp³-hybridized carbons (Fsp3) is 0.444. The van der Waals surface area contributed by atoms with Crippen molar-refractivity contribution in [2.24, 2.45) is 7.05 Å². The Morgan fingerprint density at radius 1 is 1.35 bits per heavy atom. The Kier molecular flexibility index (Phi) is 4.48. The van der Waals surface area contributed by atoms with Crippen molar-refractivity contribution in [1.82, 2.24) is 14.7 Å². The zero-order valence-electron chi connectivity index (χ0n) is 13.7. The van der Waals surface area contributed by atoms with E-state index in [1.165, 1.54) is 17.5 Å². The van der Waals surface area contributed by atoms with Crippen molar-refractivity contribution in [3.05, 3.63) is 52.8 Å². The maximum Gasteiger partial charge on any atom is 0.335 e. The summed E-state index contributed by atoms with van der Waals surface area (Å²) in [6, 6.07) is 7.35. The van der Waals surface area contributed by atoms with Crippen LogP contribution in [-0.4, -0.2) is 38.8 Å². The molecule has 2 heterocycles. The molecule has 1 aliphatic rings. The van der Waals surface area contributed by atoms with Crippen LogP contribution in [0.15, 0.2) is 30.5 Å². The summed E-state index contributed by atoms with van der Waals surface area (Å²) >= 11 is 0. The molecular formula is C18H23N3O2. The average molecular weight is 313 g/mol. The maximum absolute atomic E-state index is 11.0. The Morgan fingerprint density at radius 3 is 2.70 bits per heavy atom. The minimum Gasteiger partial charge on any atom is -0.478 e. The predicted molar refractivity (Wildman–Crippen MR) is 88.6 cm³/mol. The van der Waals surface area contributed by atoms with Gasteiger partial charge in [0.1, 0.15) is 0 Å². The number of benzene rings is 1. The normalized spacial score (nSPS) is 19.0. The number of aromatic nitrogens is 2. The van der Waals surface area contributed by atoms with E-state index in [4.69, 9.17) is 5.11 Å². The van der Waals surface area contributed by atoms with Gasteiger partial charge in [0.2, 0.25) is 0 Å². The van der Waals surface area contributed by atoms with E-state index in [0.717, 1.165) is 31.7 Å². The van der Waals surface area contributed by atoms with Crippen LogP contribution in [0.3, 0.4) is 0 Å². The van der Waals surface area contributed by atoms with Crippen LogP contribution >= 0.6 is 0 Å². The molecule has 0 amide bonds. The van der Waals surface area contributed by atoms with Gasteiger partial charge < -0.3 is 5.11 Å².